The molecule has 2 N–H and O–H groups in total. The van der Waals surface area contributed by atoms with Crippen LogP contribution >= 0.6 is 15.9 Å². The van der Waals surface area contributed by atoms with Gasteiger partial charge in [-0.15, -0.1) is 0 Å². The lowest BCUT2D eigenvalue weighted by molar-refractivity contribution is 0.0924. The SMILES string of the molecule is Cc1c(C(=O)NCc2ccc(NC(=O)c3ccco3)cc2)oc2ccc(Br)cc12. The highest BCUT2D eigenvalue weighted by atomic mass is 79.9. The topological polar surface area (TPSA) is 84.5 Å². The van der Waals surface area contributed by atoms with E-state index in [2.05, 4.69) is 26.6 Å². The van der Waals surface area contributed by atoms with Crippen molar-refractivity contribution < 1.29 is 18.4 Å². The molecule has 0 spiro atoms. The molecular formula is C22H17BrN2O4. The van der Waals surface area contributed by atoms with Crippen molar-refractivity contribution >= 4 is 44.4 Å². The number of aryl methyl sites for hydroxylation is 1. The van der Waals surface area contributed by atoms with Gasteiger partial charge >= 0.3 is 0 Å². The molecule has 0 fully saturated rings. The van der Waals surface area contributed by atoms with E-state index in [-0.39, 0.29) is 17.6 Å². The number of carbonyl (C=O) groups is 2. The van der Waals surface area contributed by atoms with Gasteiger partial charge in [0.25, 0.3) is 11.8 Å². The second-order valence-corrected chi connectivity index (χ2v) is 7.42. The molecule has 2 aromatic carbocycles. The van der Waals surface area contributed by atoms with E-state index in [4.69, 9.17) is 8.83 Å². The van der Waals surface area contributed by atoms with Crippen LogP contribution in [-0.4, -0.2) is 11.8 Å². The van der Waals surface area contributed by atoms with Crippen LogP contribution in [0.2, 0.25) is 0 Å². The Balaban J connectivity index is 1.39. The first-order valence-electron chi connectivity index (χ1n) is 8.92. The van der Waals surface area contributed by atoms with Crippen LogP contribution in [0.25, 0.3) is 11.0 Å². The Kier molecular flexibility index (Phi) is 5.22. The highest BCUT2D eigenvalue weighted by Crippen LogP contribution is 2.28. The Morgan fingerprint density at radius 3 is 2.55 bits per heavy atom. The molecule has 2 aromatic heterocycles. The number of benzene rings is 2. The second-order valence-electron chi connectivity index (χ2n) is 6.51. The molecule has 4 rings (SSSR count). The number of amides is 2. The molecule has 0 aliphatic heterocycles. The van der Waals surface area contributed by atoms with Crippen molar-refractivity contribution in [2.45, 2.75) is 13.5 Å². The molecule has 6 nitrogen and oxygen atoms in total. The Morgan fingerprint density at radius 2 is 1.83 bits per heavy atom. The third-order valence-electron chi connectivity index (χ3n) is 4.51. The number of furan rings is 2. The van der Waals surface area contributed by atoms with E-state index in [0.29, 0.717) is 23.6 Å². The fourth-order valence-corrected chi connectivity index (χ4v) is 3.34. The number of fused-ring (bicyclic) bond motifs is 1. The number of rotatable bonds is 5. The third kappa shape index (κ3) is 4.09. The van der Waals surface area contributed by atoms with Crippen LogP contribution in [0.5, 0.6) is 0 Å². The summed E-state index contributed by atoms with van der Waals surface area (Å²) in [5, 5.41) is 6.52. The van der Waals surface area contributed by atoms with Crippen molar-refractivity contribution in [3.63, 3.8) is 0 Å². The largest absolute Gasteiger partial charge is 0.459 e. The van der Waals surface area contributed by atoms with E-state index < -0.39 is 0 Å². The lowest BCUT2D eigenvalue weighted by Crippen LogP contribution is -2.23. The Hall–Kier alpha value is -3.32. The van der Waals surface area contributed by atoms with Crippen LogP contribution in [0.4, 0.5) is 5.69 Å². The summed E-state index contributed by atoms with van der Waals surface area (Å²) < 4.78 is 11.7. The van der Waals surface area contributed by atoms with Gasteiger partial charge in [-0.25, -0.2) is 0 Å². The molecule has 0 radical (unpaired) electrons. The van der Waals surface area contributed by atoms with Crippen LogP contribution in [0.3, 0.4) is 0 Å². The number of carbonyl (C=O) groups excluding carboxylic acids is 2. The lowest BCUT2D eigenvalue weighted by Gasteiger charge is -2.07. The maximum Gasteiger partial charge on any atom is 0.291 e. The summed E-state index contributed by atoms with van der Waals surface area (Å²) in [4.78, 5) is 24.5. The monoisotopic (exact) mass is 452 g/mol. The lowest BCUT2D eigenvalue weighted by atomic mass is 10.1. The summed E-state index contributed by atoms with van der Waals surface area (Å²) in [7, 11) is 0. The zero-order valence-corrected chi connectivity index (χ0v) is 17.1. The van der Waals surface area contributed by atoms with E-state index in [1.54, 1.807) is 24.3 Å². The number of halogens is 1. The van der Waals surface area contributed by atoms with Crippen LogP contribution < -0.4 is 10.6 Å². The van der Waals surface area contributed by atoms with Gasteiger partial charge in [-0.05, 0) is 55.0 Å². The van der Waals surface area contributed by atoms with Crippen LogP contribution in [0.15, 0.2) is 74.2 Å². The van der Waals surface area contributed by atoms with Crippen molar-refractivity contribution in [3.05, 3.63) is 88.0 Å². The molecule has 0 aliphatic rings. The molecule has 4 aromatic rings. The summed E-state index contributed by atoms with van der Waals surface area (Å²) in [6.07, 6.45) is 1.45. The molecule has 0 unspecified atom stereocenters. The summed E-state index contributed by atoms with van der Waals surface area (Å²) in [6, 6.07) is 16.1. The number of hydrogen-bond donors (Lipinski definition) is 2. The minimum Gasteiger partial charge on any atom is -0.459 e. The van der Waals surface area contributed by atoms with E-state index in [0.717, 1.165) is 21.0 Å². The van der Waals surface area contributed by atoms with E-state index in [9.17, 15) is 9.59 Å². The minimum atomic E-state index is -0.317. The maximum absolute atomic E-state index is 12.6. The Labute approximate surface area is 175 Å². The van der Waals surface area contributed by atoms with Crippen molar-refractivity contribution in [2.75, 3.05) is 5.32 Å². The first-order valence-corrected chi connectivity index (χ1v) is 9.71. The third-order valence-corrected chi connectivity index (χ3v) is 5.01. The van der Waals surface area contributed by atoms with E-state index in [1.165, 1.54) is 6.26 Å². The molecule has 2 amide bonds. The molecule has 146 valence electrons. The first kappa shape index (κ1) is 19.0. The normalized spacial score (nSPS) is 10.8. The van der Waals surface area contributed by atoms with E-state index >= 15 is 0 Å². The molecule has 29 heavy (non-hydrogen) atoms. The van der Waals surface area contributed by atoms with Gasteiger partial charge in [0.15, 0.2) is 11.5 Å². The average Bonchev–Trinajstić information content (AvgIpc) is 3.36. The van der Waals surface area contributed by atoms with Gasteiger partial charge < -0.3 is 19.5 Å². The average molecular weight is 453 g/mol. The van der Waals surface area contributed by atoms with Crippen LogP contribution in [0, 0.1) is 6.92 Å². The molecule has 0 saturated heterocycles. The molecule has 2 heterocycles. The van der Waals surface area contributed by atoms with Crippen LogP contribution in [-0.2, 0) is 6.54 Å². The predicted octanol–water partition coefficient (Wildman–Crippen LogP) is 5.28. The summed E-state index contributed by atoms with van der Waals surface area (Å²) >= 11 is 3.43. The summed E-state index contributed by atoms with van der Waals surface area (Å²) in [5.41, 5.74) is 3.01. The Bertz CT molecular complexity index is 1180. The number of anilines is 1. The highest BCUT2D eigenvalue weighted by molar-refractivity contribution is 9.10. The zero-order chi connectivity index (χ0) is 20.4. The van der Waals surface area contributed by atoms with Gasteiger partial charge in [0.1, 0.15) is 5.58 Å². The summed E-state index contributed by atoms with van der Waals surface area (Å²) in [6.45, 7) is 2.20. The smallest absolute Gasteiger partial charge is 0.291 e. The van der Waals surface area contributed by atoms with Gasteiger partial charge in [-0.2, -0.15) is 0 Å². The number of hydrogen-bond acceptors (Lipinski definition) is 4. The molecule has 0 bridgehead atoms. The fraction of sp³-hybridized carbons (Fsp3) is 0.0909. The molecule has 7 heteroatoms. The van der Waals surface area contributed by atoms with Crippen molar-refractivity contribution in [2.24, 2.45) is 0 Å². The van der Waals surface area contributed by atoms with Gasteiger partial charge in [-0.3, -0.25) is 9.59 Å². The van der Waals surface area contributed by atoms with Crippen molar-refractivity contribution in [3.8, 4) is 0 Å². The first-order chi connectivity index (χ1) is 14.0. The van der Waals surface area contributed by atoms with Gasteiger partial charge in [0.2, 0.25) is 0 Å². The van der Waals surface area contributed by atoms with Gasteiger partial charge in [0, 0.05) is 27.7 Å². The highest BCUT2D eigenvalue weighted by Gasteiger charge is 2.17. The molecule has 0 atom stereocenters. The maximum atomic E-state index is 12.6. The minimum absolute atomic E-state index is 0.245. The van der Waals surface area contributed by atoms with Gasteiger partial charge in [-0.1, -0.05) is 28.1 Å². The molecular weight excluding hydrogens is 436 g/mol. The molecule has 0 aliphatic carbocycles. The second kappa shape index (κ2) is 7.97. The van der Waals surface area contributed by atoms with Crippen molar-refractivity contribution in [1.82, 2.24) is 5.32 Å². The fourth-order valence-electron chi connectivity index (χ4n) is 2.98. The quantitative estimate of drug-likeness (QED) is 0.431. The van der Waals surface area contributed by atoms with Gasteiger partial charge in [0.05, 0.1) is 6.26 Å². The Morgan fingerprint density at radius 1 is 1.03 bits per heavy atom. The van der Waals surface area contributed by atoms with Crippen molar-refractivity contribution in [1.29, 1.82) is 0 Å². The van der Waals surface area contributed by atoms with Crippen LogP contribution in [0.1, 0.15) is 32.2 Å². The standard InChI is InChI=1S/C22H17BrN2O4/c1-13-17-11-15(23)6-9-18(17)29-20(13)22(27)24-12-14-4-7-16(8-5-14)25-21(26)19-3-2-10-28-19/h2-11H,12H2,1H3,(H,24,27)(H,25,26). The summed E-state index contributed by atoms with van der Waals surface area (Å²) in [5.74, 6) is -0.0388. The zero-order valence-electron chi connectivity index (χ0n) is 15.5. The molecule has 0 saturated carbocycles. The number of nitrogens with one attached hydrogen (secondary N) is 2. The predicted molar refractivity (Wildman–Crippen MR) is 113 cm³/mol. The van der Waals surface area contributed by atoms with E-state index in [1.807, 2.05) is 37.3 Å².